The van der Waals surface area contributed by atoms with Crippen LogP contribution in [0, 0.1) is 5.92 Å². The minimum Gasteiger partial charge on any atom is -0.390 e. The van der Waals surface area contributed by atoms with Gasteiger partial charge < -0.3 is 14.4 Å². The van der Waals surface area contributed by atoms with Crippen LogP contribution in [-0.2, 0) is 0 Å². The summed E-state index contributed by atoms with van der Waals surface area (Å²) in [5, 5.41) is 0. The van der Waals surface area contributed by atoms with Gasteiger partial charge in [0.1, 0.15) is 0 Å². The molecule has 0 amide bonds. The van der Waals surface area contributed by atoms with Gasteiger partial charge in [-0.15, -0.1) is 11.6 Å². The molecule has 0 rings (SSSR count). The molecule has 0 spiro atoms. The highest BCUT2D eigenvalue weighted by Gasteiger charge is 2.28. The van der Waals surface area contributed by atoms with Gasteiger partial charge in [0.15, 0.2) is 0 Å². The van der Waals surface area contributed by atoms with E-state index in [-0.39, 0.29) is 12.0 Å². The molecule has 0 aliphatic rings. The molecule has 0 aliphatic heterocycles. The zero-order valence-corrected chi connectivity index (χ0v) is 8.38. The summed E-state index contributed by atoms with van der Waals surface area (Å²) in [6.45, 7) is 1.87. The highest BCUT2D eigenvalue weighted by molar-refractivity contribution is 6.56. The predicted molar refractivity (Wildman–Crippen MR) is 46.3 cm³/mol. The van der Waals surface area contributed by atoms with E-state index < -0.39 is 8.80 Å². The normalized spacial score (nSPS) is 15.0. The highest BCUT2D eigenvalue weighted by Crippen LogP contribution is 2.15. The summed E-state index contributed by atoms with van der Waals surface area (Å²) in [5.74, 6) is 0.724. The lowest BCUT2D eigenvalue weighted by Crippen LogP contribution is -2.36. The van der Waals surface area contributed by atoms with Crippen molar-refractivity contribution in [2.45, 2.75) is 25.8 Å². The van der Waals surface area contributed by atoms with Crippen molar-refractivity contribution in [2.24, 2.45) is 5.92 Å². The monoisotopic (exact) mass is 198 g/mol. The minimum absolute atomic E-state index is 0.115. The summed E-state index contributed by atoms with van der Waals surface area (Å²) < 4.78 is 0. The van der Waals surface area contributed by atoms with Crippen LogP contribution in [0.5, 0.6) is 0 Å². The zero-order valence-electron chi connectivity index (χ0n) is 6.63. The molecule has 0 aromatic rings. The third-order valence-corrected chi connectivity index (χ3v) is 2.96. The fraction of sp³-hybridized carbons (Fsp3) is 1.00. The van der Waals surface area contributed by atoms with Crippen molar-refractivity contribution < 1.29 is 14.4 Å². The largest absolute Gasteiger partial charge is 0.493 e. The summed E-state index contributed by atoms with van der Waals surface area (Å²) >= 11 is 5.44. The predicted octanol–water partition coefficient (Wildman–Crippen LogP) is 0.557. The van der Waals surface area contributed by atoms with Gasteiger partial charge in [0.2, 0.25) is 0 Å². The minimum atomic E-state index is -3.81. The molecule has 0 saturated heterocycles. The van der Waals surface area contributed by atoms with Crippen molar-refractivity contribution >= 4 is 20.4 Å². The number of alkyl halides is 1. The zero-order chi connectivity index (χ0) is 8.91. The SMILES string of the molecule is CC(CCCCl)C[Si](O)(O)O. The van der Waals surface area contributed by atoms with E-state index in [1.165, 1.54) is 0 Å². The van der Waals surface area contributed by atoms with Crippen molar-refractivity contribution in [3.05, 3.63) is 0 Å². The molecule has 1 atom stereocenters. The Labute approximate surface area is 73.0 Å². The van der Waals surface area contributed by atoms with Crippen molar-refractivity contribution in [1.29, 1.82) is 0 Å². The quantitative estimate of drug-likeness (QED) is 0.447. The lowest BCUT2D eigenvalue weighted by molar-refractivity contribution is 0.218. The van der Waals surface area contributed by atoms with Gasteiger partial charge in [-0.1, -0.05) is 6.92 Å². The first-order valence-electron chi connectivity index (χ1n) is 3.69. The van der Waals surface area contributed by atoms with Crippen LogP contribution >= 0.6 is 11.6 Å². The number of rotatable bonds is 5. The Morgan fingerprint density at radius 3 is 2.27 bits per heavy atom. The maximum absolute atomic E-state index is 8.70. The van der Waals surface area contributed by atoms with Crippen LogP contribution in [0.25, 0.3) is 0 Å². The molecule has 0 aliphatic carbocycles. The maximum atomic E-state index is 8.70. The van der Waals surface area contributed by atoms with Gasteiger partial charge in [-0.3, -0.25) is 0 Å². The molecule has 0 bridgehead atoms. The van der Waals surface area contributed by atoms with Crippen molar-refractivity contribution in [2.75, 3.05) is 5.88 Å². The van der Waals surface area contributed by atoms with E-state index in [1.807, 2.05) is 6.92 Å². The topological polar surface area (TPSA) is 60.7 Å². The van der Waals surface area contributed by atoms with Crippen LogP contribution in [0.3, 0.4) is 0 Å². The van der Waals surface area contributed by atoms with Gasteiger partial charge in [0.05, 0.1) is 0 Å². The molecule has 0 radical (unpaired) electrons. The molecule has 0 heterocycles. The second-order valence-electron chi connectivity index (χ2n) is 2.91. The lowest BCUT2D eigenvalue weighted by Gasteiger charge is -2.14. The Kier molecular flexibility index (Phi) is 5.29. The van der Waals surface area contributed by atoms with Gasteiger partial charge >= 0.3 is 8.80 Å². The second-order valence-corrected chi connectivity index (χ2v) is 5.25. The Morgan fingerprint density at radius 1 is 1.36 bits per heavy atom. The summed E-state index contributed by atoms with van der Waals surface area (Å²) in [6.07, 6.45) is 1.69. The van der Waals surface area contributed by atoms with E-state index in [2.05, 4.69) is 0 Å². The summed E-state index contributed by atoms with van der Waals surface area (Å²) in [6, 6.07) is 0.115. The maximum Gasteiger partial charge on any atom is 0.493 e. The van der Waals surface area contributed by atoms with E-state index in [4.69, 9.17) is 26.0 Å². The molecule has 3 nitrogen and oxygen atoms in total. The third-order valence-electron chi connectivity index (χ3n) is 1.45. The first-order valence-corrected chi connectivity index (χ1v) is 6.27. The van der Waals surface area contributed by atoms with Gasteiger partial charge in [0, 0.05) is 11.9 Å². The molecule has 0 saturated carbocycles. The average molecular weight is 199 g/mol. The number of halogens is 1. The van der Waals surface area contributed by atoms with E-state index in [1.54, 1.807) is 0 Å². The van der Waals surface area contributed by atoms with Gasteiger partial charge in [-0.2, -0.15) is 0 Å². The smallest absolute Gasteiger partial charge is 0.390 e. The summed E-state index contributed by atoms with van der Waals surface area (Å²) in [5.41, 5.74) is 0. The molecule has 5 heteroatoms. The van der Waals surface area contributed by atoms with Gasteiger partial charge in [-0.05, 0) is 18.8 Å². The van der Waals surface area contributed by atoms with Gasteiger partial charge in [0.25, 0.3) is 0 Å². The molecular formula is C6H15ClO3Si. The third kappa shape index (κ3) is 8.29. The standard InChI is InChI=1S/C6H15ClO3Si/c1-6(3-2-4-7)5-11(8,9)10/h6,8-10H,2-5H2,1H3. The Balaban J connectivity index is 3.44. The van der Waals surface area contributed by atoms with Crippen molar-refractivity contribution in [3.8, 4) is 0 Å². The number of hydrogen-bond donors (Lipinski definition) is 3. The van der Waals surface area contributed by atoms with Crippen molar-refractivity contribution in [3.63, 3.8) is 0 Å². The Bertz CT molecular complexity index is 104. The lowest BCUT2D eigenvalue weighted by atomic mass is 10.1. The molecule has 11 heavy (non-hydrogen) atoms. The molecule has 68 valence electrons. The highest BCUT2D eigenvalue weighted by atomic mass is 35.5. The van der Waals surface area contributed by atoms with Crippen molar-refractivity contribution in [1.82, 2.24) is 0 Å². The second kappa shape index (κ2) is 5.11. The molecular weight excluding hydrogens is 184 g/mol. The summed E-state index contributed by atoms with van der Waals surface area (Å²) in [7, 11) is -3.81. The first-order chi connectivity index (χ1) is 4.95. The first kappa shape index (κ1) is 11.4. The fourth-order valence-corrected chi connectivity index (χ4v) is 2.29. The number of hydrogen-bond acceptors (Lipinski definition) is 3. The van der Waals surface area contributed by atoms with Crippen LogP contribution in [0.15, 0.2) is 0 Å². The Morgan fingerprint density at radius 2 is 1.91 bits per heavy atom. The van der Waals surface area contributed by atoms with Gasteiger partial charge in [-0.25, -0.2) is 0 Å². The molecule has 0 aromatic carbocycles. The molecule has 0 aromatic heterocycles. The van der Waals surface area contributed by atoms with E-state index >= 15 is 0 Å². The van der Waals surface area contributed by atoms with E-state index in [0.29, 0.717) is 5.88 Å². The van der Waals surface area contributed by atoms with E-state index in [0.717, 1.165) is 12.8 Å². The van der Waals surface area contributed by atoms with Crippen LogP contribution in [0.1, 0.15) is 19.8 Å². The van der Waals surface area contributed by atoms with Crippen LogP contribution in [0.2, 0.25) is 6.04 Å². The average Bonchev–Trinajstić information content (AvgIpc) is 1.79. The van der Waals surface area contributed by atoms with Crippen LogP contribution < -0.4 is 0 Å². The fourth-order valence-electron chi connectivity index (χ4n) is 0.995. The summed E-state index contributed by atoms with van der Waals surface area (Å²) in [4.78, 5) is 26.1. The van der Waals surface area contributed by atoms with Crippen LogP contribution in [-0.4, -0.2) is 29.1 Å². The van der Waals surface area contributed by atoms with E-state index in [9.17, 15) is 0 Å². The molecule has 3 N–H and O–H groups in total. The molecule has 1 unspecified atom stereocenters. The van der Waals surface area contributed by atoms with Crippen LogP contribution in [0.4, 0.5) is 0 Å². The molecule has 0 fully saturated rings. The Hall–Kier alpha value is 0.387.